The zero-order valence-corrected chi connectivity index (χ0v) is 31.2. The summed E-state index contributed by atoms with van der Waals surface area (Å²) in [5.41, 5.74) is 2.15. The molecule has 0 aliphatic heterocycles. The van der Waals surface area contributed by atoms with Crippen molar-refractivity contribution in [3.8, 4) is 22.6 Å². The molecule has 4 heteroatoms. The molecular formula is C48H54O4. The van der Waals surface area contributed by atoms with E-state index < -0.39 is 0 Å². The Labute approximate surface area is 309 Å². The number of ether oxygens (including phenoxy) is 2. The van der Waals surface area contributed by atoms with Crippen molar-refractivity contribution in [2.45, 2.75) is 117 Å². The molecule has 4 nitrogen and oxygen atoms in total. The van der Waals surface area contributed by atoms with Crippen molar-refractivity contribution in [1.29, 1.82) is 0 Å². The molecule has 0 fully saturated rings. The number of rotatable bonds is 19. The van der Waals surface area contributed by atoms with Crippen LogP contribution in [0.15, 0.2) is 97.1 Å². The molecule has 6 rings (SSSR count). The molecule has 0 atom stereocenters. The van der Waals surface area contributed by atoms with E-state index in [9.17, 15) is 9.59 Å². The molecule has 0 saturated carbocycles. The van der Waals surface area contributed by atoms with E-state index in [1.54, 1.807) is 0 Å². The highest BCUT2D eigenvalue weighted by molar-refractivity contribution is 6.27. The van der Waals surface area contributed by atoms with Crippen LogP contribution in [0.1, 0.15) is 117 Å². The highest BCUT2D eigenvalue weighted by Gasteiger charge is 2.23. The fraction of sp³-hybridized carbons (Fsp3) is 0.375. The van der Waals surface area contributed by atoms with Gasteiger partial charge in [-0.25, -0.2) is 0 Å². The first-order chi connectivity index (χ1) is 25.6. The van der Waals surface area contributed by atoms with Crippen LogP contribution in [-0.2, 0) is 9.59 Å². The average Bonchev–Trinajstić information content (AvgIpc) is 3.17. The summed E-state index contributed by atoms with van der Waals surface area (Å²) in [6, 6.07) is 33.0. The zero-order valence-electron chi connectivity index (χ0n) is 31.2. The smallest absolute Gasteiger partial charge is 0.311 e. The SMILES string of the molecule is CCCCCCCCCC(=O)Oc1c2ccccc2c(-c2c3ccccc3c(OC(=O)CCCCCCCCC)c3ccccc23)c2ccccc12. The summed E-state index contributed by atoms with van der Waals surface area (Å²) in [6.45, 7) is 4.46. The molecule has 270 valence electrons. The summed E-state index contributed by atoms with van der Waals surface area (Å²) in [5.74, 6) is 0.866. The van der Waals surface area contributed by atoms with Crippen LogP contribution in [0.2, 0.25) is 0 Å². The number of esters is 2. The van der Waals surface area contributed by atoms with Crippen LogP contribution in [0.5, 0.6) is 11.5 Å². The van der Waals surface area contributed by atoms with Crippen molar-refractivity contribution < 1.29 is 19.1 Å². The van der Waals surface area contributed by atoms with Gasteiger partial charge in [0.25, 0.3) is 0 Å². The van der Waals surface area contributed by atoms with E-state index >= 15 is 0 Å². The number of carbonyl (C=O) groups is 2. The quantitative estimate of drug-likeness (QED) is 0.0366. The van der Waals surface area contributed by atoms with Crippen LogP contribution in [-0.4, -0.2) is 11.9 Å². The van der Waals surface area contributed by atoms with E-state index in [4.69, 9.17) is 9.47 Å². The molecule has 0 bridgehead atoms. The summed E-state index contributed by atoms with van der Waals surface area (Å²) in [7, 11) is 0. The lowest BCUT2D eigenvalue weighted by molar-refractivity contribution is -0.135. The molecule has 52 heavy (non-hydrogen) atoms. The predicted octanol–water partition coefficient (Wildman–Crippen LogP) is 14.1. The second-order valence-corrected chi connectivity index (χ2v) is 14.3. The topological polar surface area (TPSA) is 52.6 Å². The minimum atomic E-state index is -0.185. The molecule has 6 aromatic rings. The first kappa shape index (κ1) is 37.1. The Morgan fingerprint density at radius 3 is 0.904 bits per heavy atom. The summed E-state index contributed by atoms with van der Waals surface area (Å²) < 4.78 is 12.6. The van der Waals surface area contributed by atoms with E-state index in [1.165, 1.54) is 51.4 Å². The normalized spacial score (nSPS) is 11.5. The van der Waals surface area contributed by atoms with Crippen molar-refractivity contribution in [2.75, 3.05) is 0 Å². The lowest BCUT2D eigenvalue weighted by atomic mass is 9.85. The van der Waals surface area contributed by atoms with Crippen molar-refractivity contribution in [3.63, 3.8) is 0 Å². The molecule has 0 amide bonds. The van der Waals surface area contributed by atoms with Gasteiger partial charge >= 0.3 is 11.9 Å². The highest BCUT2D eigenvalue weighted by Crippen LogP contribution is 2.49. The van der Waals surface area contributed by atoms with E-state index in [0.717, 1.165) is 92.7 Å². The molecule has 0 N–H and O–H groups in total. The van der Waals surface area contributed by atoms with Gasteiger partial charge in [-0.15, -0.1) is 0 Å². The monoisotopic (exact) mass is 694 g/mol. The molecule has 0 heterocycles. The van der Waals surface area contributed by atoms with E-state index in [2.05, 4.69) is 86.6 Å². The van der Waals surface area contributed by atoms with Gasteiger partial charge in [-0.05, 0) is 45.5 Å². The maximum atomic E-state index is 13.3. The number of fused-ring (bicyclic) bond motifs is 4. The standard InChI is InChI=1S/C48H54O4/c1-3-5-7-9-11-13-15-33-43(49)51-47-39-29-21-17-25-35(39)45(36-26-18-22-30-40(36)47)46-37-27-19-23-31-41(37)48(42-32-24-20-28-38(42)46)52-44(50)34-16-14-12-10-8-6-4-2/h17-32H,3-16,33-34H2,1-2H3. The Balaban J connectivity index is 1.38. The molecule has 0 radical (unpaired) electrons. The first-order valence-electron chi connectivity index (χ1n) is 19.9. The maximum Gasteiger partial charge on any atom is 0.311 e. The Kier molecular flexibility index (Phi) is 13.3. The maximum absolute atomic E-state index is 13.3. The third-order valence-corrected chi connectivity index (χ3v) is 10.4. The van der Waals surface area contributed by atoms with Crippen LogP contribution in [0, 0.1) is 0 Å². The van der Waals surface area contributed by atoms with Crippen LogP contribution >= 0.6 is 0 Å². The molecule has 0 saturated heterocycles. The lowest BCUT2D eigenvalue weighted by Crippen LogP contribution is -2.09. The van der Waals surface area contributed by atoms with Crippen LogP contribution < -0.4 is 9.47 Å². The van der Waals surface area contributed by atoms with Crippen molar-refractivity contribution in [2.24, 2.45) is 0 Å². The van der Waals surface area contributed by atoms with Gasteiger partial charge in [-0.3, -0.25) is 9.59 Å². The van der Waals surface area contributed by atoms with Crippen LogP contribution in [0.4, 0.5) is 0 Å². The number of hydrogen-bond donors (Lipinski definition) is 0. The van der Waals surface area contributed by atoms with Crippen LogP contribution in [0.25, 0.3) is 54.2 Å². The molecule has 0 aliphatic carbocycles. The number of hydrogen-bond acceptors (Lipinski definition) is 4. The average molecular weight is 695 g/mol. The van der Waals surface area contributed by atoms with Gasteiger partial charge in [0.05, 0.1) is 0 Å². The summed E-state index contributed by atoms with van der Waals surface area (Å²) >= 11 is 0. The Hall–Kier alpha value is -4.70. The highest BCUT2D eigenvalue weighted by atomic mass is 16.5. The lowest BCUT2D eigenvalue weighted by Gasteiger charge is -2.21. The fourth-order valence-corrected chi connectivity index (χ4v) is 7.72. The second kappa shape index (κ2) is 18.7. The molecule has 0 aliphatic rings. The zero-order chi connectivity index (χ0) is 36.1. The Morgan fingerprint density at radius 1 is 0.365 bits per heavy atom. The molecule has 0 spiro atoms. The Morgan fingerprint density at radius 2 is 0.615 bits per heavy atom. The van der Waals surface area contributed by atoms with E-state index in [0.29, 0.717) is 24.3 Å². The van der Waals surface area contributed by atoms with Gasteiger partial charge in [-0.1, -0.05) is 188 Å². The van der Waals surface area contributed by atoms with Crippen molar-refractivity contribution in [3.05, 3.63) is 97.1 Å². The van der Waals surface area contributed by atoms with Crippen molar-refractivity contribution >= 4 is 55.0 Å². The van der Waals surface area contributed by atoms with Gasteiger partial charge in [0.2, 0.25) is 0 Å². The largest absolute Gasteiger partial charge is 0.425 e. The predicted molar refractivity (Wildman–Crippen MR) is 218 cm³/mol. The third-order valence-electron chi connectivity index (χ3n) is 10.4. The fourth-order valence-electron chi connectivity index (χ4n) is 7.72. The number of unbranched alkanes of at least 4 members (excludes halogenated alkanes) is 12. The Bertz CT molecular complexity index is 1860. The van der Waals surface area contributed by atoms with E-state index in [1.807, 2.05) is 24.3 Å². The minimum absolute atomic E-state index is 0.185. The summed E-state index contributed by atoms with van der Waals surface area (Å²) in [4.78, 5) is 26.7. The van der Waals surface area contributed by atoms with Gasteiger partial charge in [-0.2, -0.15) is 0 Å². The van der Waals surface area contributed by atoms with Gasteiger partial charge < -0.3 is 9.47 Å². The van der Waals surface area contributed by atoms with Crippen LogP contribution in [0.3, 0.4) is 0 Å². The first-order valence-corrected chi connectivity index (χ1v) is 19.9. The summed E-state index contributed by atoms with van der Waals surface area (Å²) in [6.07, 6.45) is 16.9. The minimum Gasteiger partial charge on any atom is -0.425 e. The van der Waals surface area contributed by atoms with Crippen molar-refractivity contribution in [1.82, 2.24) is 0 Å². The van der Waals surface area contributed by atoms with Gasteiger partial charge in [0, 0.05) is 34.4 Å². The molecule has 0 unspecified atom stereocenters. The molecular weight excluding hydrogens is 641 g/mol. The third kappa shape index (κ3) is 8.66. The number of carbonyl (C=O) groups excluding carboxylic acids is 2. The molecule has 6 aromatic carbocycles. The number of benzene rings is 6. The second-order valence-electron chi connectivity index (χ2n) is 14.3. The van der Waals surface area contributed by atoms with Gasteiger partial charge in [0.15, 0.2) is 0 Å². The van der Waals surface area contributed by atoms with E-state index in [-0.39, 0.29) is 11.9 Å². The van der Waals surface area contributed by atoms with Gasteiger partial charge in [0.1, 0.15) is 11.5 Å². The molecule has 0 aromatic heterocycles. The summed E-state index contributed by atoms with van der Waals surface area (Å²) in [5, 5.41) is 7.67.